The van der Waals surface area contributed by atoms with Gasteiger partial charge in [0.15, 0.2) is 11.5 Å². The van der Waals surface area contributed by atoms with Crippen molar-refractivity contribution in [2.24, 2.45) is 0 Å². The van der Waals surface area contributed by atoms with Gasteiger partial charge in [-0.25, -0.2) is 8.42 Å². The Balaban J connectivity index is 2.49. The molecule has 0 aromatic heterocycles. The number of ketones is 1. The monoisotopic (exact) mass is 215 g/mol. The Hall–Kier alpha value is -1.30. The summed E-state index contributed by atoms with van der Waals surface area (Å²) < 4.78 is 29.5. The summed E-state index contributed by atoms with van der Waals surface area (Å²) in [6.45, 7) is 1.78. The van der Waals surface area contributed by atoms with Gasteiger partial charge in [0.2, 0.25) is 5.94 Å². The number of sulfonamides is 1. The van der Waals surface area contributed by atoms with Crippen LogP contribution in [0, 0.1) is 0 Å². The molecule has 6 heteroatoms. The Kier molecular flexibility index (Phi) is 1.88. The van der Waals surface area contributed by atoms with Gasteiger partial charge in [0.1, 0.15) is 5.70 Å². The van der Waals surface area contributed by atoms with Crippen LogP contribution >= 0.6 is 0 Å². The standard InChI is InChI=1S/C8H9NO4S/c1-5-2-3-6(10)7-8(5)13-4-14(11,12)9-7/h2,9H,3-4H2,1H3. The first kappa shape index (κ1) is 9.26. The number of allylic oxidation sites excluding steroid dienone is 3. The van der Waals surface area contributed by atoms with Crippen molar-refractivity contribution in [2.75, 3.05) is 5.94 Å². The van der Waals surface area contributed by atoms with Crippen molar-refractivity contribution < 1.29 is 17.9 Å². The van der Waals surface area contributed by atoms with E-state index in [9.17, 15) is 13.2 Å². The fourth-order valence-electron chi connectivity index (χ4n) is 1.38. The van der Waals surface area contributed by atoms with Gasteiger partial charge in [-0.2, -0.15) is 0 Å². The van der Waals surface area contributed by atoms with Crippen LogP contribution in [0.1, 0.15) is 13.3 Å². The number of carbonyl (C=O) groups is 1. The van der Waals surface area contributed by atoms with E-state index in [1.807, 2.05) is 0 Å². The second-order valence-corrected chi connectivity index (χ2v) is 4.87. The summed E-state index contributed by atoms with van der Waals surface area (Å²) in [6, 6.07) is 0. The molecule has 0 spiro atoms. The van der Waals surface area contributed by atoms with E-state index in [-0.39, 0.29) is 17.9 Å². The Morgan fingerprint density at radius 3 is 2.93 bits per heavy atom. The highest BCUT2D eigenvalue weighted by molar-refractivity contribution is 7.89. The third kappa shape index (κ3) is 1.41. The summed E-state index contributed by atoms with van der Waals surface area (Å²) in [7, 11) is -3.49. The maximum absolute atomic E-state index is 11.4. The summed E-state index contributed by atoms with van der Waals surface area (Å²) in [6.07, 6.45) is 1.94. The van der Waals surface area contributed by atoms with Gasteiger partial charge in [0.05, 0.1) is 0 Å². The molecule has 0 radical (unpaired) electrons. The normalized spacial score (nSPS) is 24.6. The number of ether oxygens (including phenoxy) is 1. The topological polar surface area (TPSA) is 72.5 Å². The molecule has 2 aliphatic rings. The highest BCUT2D eigenvalue weighted by atomic mass is 32.2. The van der Waals surface area contributed by atoms with Gasteiger partial charge in [-0.1, -0.05) is 6.08 Å². The van der Waals surface area contributed by atoms with Crippen molar-refractivity contribution in [1.82, 2.24) is 4.72 Å². The lowest BCUT2D eigenvalue weighted by molar-refractivity contribution is -0.115. The summed E-state index contributed by atoms with van der Waals surface area (Å²) in [5.74, 6) is -0.324. The quantitative estimate of drug-likeness (QED) is 0.618. The molecule has 0 unspecified atom stereocenters. The van der Waals surface area contributed by atoms with Gasteiger partial charge in [-0.15, -0.1) is 0 Å². The predicted octanol–water partition coefficient (Wildman–Crippen LogP) is 0.0242. The van der Waals surface area contributed by atoms with E-state index in [1.54, 1.807) is 13.0 Å². The molecular weight excluding hydrogens is 206 g/mol. The van der Waals surface area contributed by atoms with E-state index in [1.165, 1.54) is 0 Å². The van der Waals surface area contributed by atoms with Gasteiger partial charge in [-0.05, 0) is 12.5 Å². The molecule has 0 saturated heterocycles. The largest absolute Gasteiger partial charge is 0.473 e. The van der Waals surface area contributed by atoms with Crippen molar-refractivity contribution in [1.29, 1.82) is 0 Å². The second-order valence-electron chi connectivity index (χ2n) is 3.20. The first-order valence-electron chi connectivity index (χ1n) is 4.07. The van der Waals surface area contributed by atoms with Gasteiger partial charge < -0.3 is 4.74 Å². The number of rotatable bonds is 0. The van der Waals surface area contributed by atoms with E-state index < -0.39 is 16.0 Å². The number of carbonyl (C=O) groups excluding carboxylic acids is 1. The molecular formula is C8H9NO4S. The lowest BCUT2D eigenvalue weighted by Crippen LogP contribution is -2.37. The van der Waals surface area contributed by atoms with Gasteiger partial charge >= 0.3 is 0 Å². The maximum Gasteiger partial charge on any atom is 0.268 e. The van der Waals surface area contributed by atoms with Crippen LogP contribution in [0.15, 0.2) is 23.1 Å². The summed E-state index contributed by atoms with van der Waals surface area (Å²) in [5, 5.41) is 0. The average molecular weight is 215 g/mol. The molecule has 1 N–H and O–H groups in total. The highest BCUT2D eigenvalue weighted by Gasteiger charge is 2.30. The Morgan fingerprint density at radius 2 is 2.21 bits per heavy atom. The lowest BCUT2D eigenvalue weighted by atomic mass is 10.0. The summed E-state index contributed by atoms with van der Waals surface area (Å²) in [4.78, 5) is 11.4. The Bertz CT molecular complexity index is 458. The predicted molar refractivity (Wildman–Crippen MR) is 48.4 cm³/mol. The SMILES string of the molecule is CC1=CCC(=O)C2=C1OCS(=O)(=O)N2. The molecule has 0 fully saturated rings. The van der Waals surface area contributed by atoms with E-state index >= 15 is 0 Å². The number of Topliss-reactive ketones (excluding diaryl/α,β-unsaturated/α-hetero) is 1. The highest BCUT2D eigenvalue weighted by Crippen LogP contribution is 2.25. The van der Waals surface area contributed by atoms with E-state index in [4.69, 9.17) is 4.74 Å². The first-order valence-corrected chi connectivity index (χ1v) is 5.73. The minimum atomic E-state index is -3.49. The fourth-order valence-corrected chi connectivity index (χ4v) is 2.22. The van der Waals surface area contributed by atoms with Crippen LogP contribution in [-0.2, 0) is 19.6 Å². The third-order valence-electron chi connectivity index (χ3n) is 2.07. The zero-order chi connectivity index (χ0) is 10.3. The molecule has 1 aliphatic heterocycles. The molecule has 0 saturated carbocycles. The fraction of sp³-hybridized carbons (Fsp3) is 0.375. The Morgan fingerprint density at radius 1 is 1.50 bits per heavy atom. The van der Waals surface area contributed by atoms with Crippen molar-refractivity contribution in [3.05, 3.63) is 23.1 Å². The number of nitrogens with one attached hydrogen (secondary N) is 1. The lowest BCUT2D eigenvalue weighted by Gasteiger charge is -2.24. The zero-order valence-electron chi connectivity index (χ0n) is 7.53. The summed E-state index contributed by atoms with van der Waals surface area (Å²) >= 11 is 0. The molecule has 14 heavy (non-hydrogen) atoms. The molecule has 1 aliphatic carbocycles. The minimum absolute atomic E-state index is 0.0660. The molecule has 0 aromatic rings. The van der Waals surface area contributed by atoms with Crippen LogP contribution in [-0.4, -0.2) is 20.1 Å². The Labute approximate surface area is 81.5 Å². The molecule has 1 heterocycles. The van der Waals surface area contributed by atoms with Crippen molar-refractivity contribution in [3.8, 4) is 0 Å². The summed E-state index contributed by atoms with van der Waals surface area (Å²) in [5.41, 5.74) is 0.859. The van der Waals surface area contributed by atoms with Crippen LogP contribution in [0.2, 0.25) is 0 Å². The van der Waals surface area contributed by atoms with Gasteiger partial charge in [-0.3, -0.25) is 9.52 Å². The molecule has 76 valence electrons. The third-order valence-corrected chi connectivity index (χ3v) is 3.02. The number of hydrogen-bond donors (Lipinski definition) is 1. The van der Waals surface area contributed by atoms with Crippen molar-refractivity contribution in [3.63, 3.8) is 0 Å². The van der Waals surface area contributed by atoms with Crippen LogP contribution in [0.4, 0.5) is 0 Å². The average Bonchev–Trinajstić information content (AvgIpc) is 2.10. The van der Waals surface area contributed by atoms with Crippen LogP contribution in [0.25, 0.3) is 0 Å². The molecule has 5 nitrogen and oxygen atoms in total. The van der Waals surface area contributed by atoms with Crippen LogP contribution in [0.5, 0.6) is 0 Å². The van der Waals surface area contributed by atoms with E-state index in [0.29, 0.717) is 5.76 Å². The van der Waals surface area contributed by atoms with Crippen LogP contribution < -0.4 is 4.72 Å². The maximum atomic E-state index is 11.4. The smallest absolute Gasteiger partial charge is 0.268 e. The molecule has 2 rings (SSSR count). The van der Waals surface area contributed by atoms with E-state index in [2.05, 4.69) is 4.72 Å². The van der Waals surface area contributed by atoms with E-state index in [0.717, 1.165) is 5.57 Å². The zero-order valence-corrected chi connectivity index (χ0v) is 8.35. The second kappa shape index (κ2) is 2.84. The van der Waals surface area contributed by atoms with Crippen molar-refractivity contribution in [2.45, 2.75) is 13.3 Å². The molecule has 0 amide bonds. The molecule has 0 atom stereocenters. The van der Waals surface area contributed by atoms with Gasteiger partial charge in [0.25, 0.3) is 10.0 Å². The molecule has 0 aromatic carbocycles. The van der Waals surface area contributed by atoms with Crippen LogP contribution in [0.3, 0.4) is 0 Å². The molecule has 0 bridgehead atoms. The minimum Gasteiger partial charge on any atom is -0.473 e. The van der Waals surface area contributed by atoms with Gasteiger partial charge in [0, 0.05) is 6.42 Å². The van der Waals surface area contributed by atoms with Crippen molar-refractivity contribution >= 4 is 15.8 Å². The first-order chi connectivity index (χ1) is 6.49. The number of hydrogen-bond acceptors (Lipinski definition) is 4.